The molecule has 3 unspecified atom stereocenters. The van der Waals surface area contributed by atoms with Gasteiger partial charge in [0.15, 0.2) is 11.1 Å². The highest BCUT2D eigenvalue weighted by molar-refractivity contribution is 5.61. The number of ether oxygens (including phenoxy) is 1. The molecule has 4 N–H and O–H groups in total. The summed E-state index contributed by atoms with van der Waals surface area (Å²) in [5, 5.41) is 18.6. The van der Waals surface area contributed by atoms with Gasteiger partial charge in [0.2, 0.25) is 5.88 Å². The third-order valence-electron chi connectivity index (χ3n) is 7.01. The van der Waals surface area contributed by atoms with Crippen LogP contribution in [-0.4, -0.2) is 65.9 Å². The Morgan fingerprint density at radius 2 is 2.00 bits per heavy atom. The zero-order chi connectivity index (χ0) is 26.4. The third-order valence-corrected chi connectivity index (χ3v) is 7.01. The van der Waals surface area contributed by atoms with Crippen LogP contribution < -0.4 is 21.7 Å². The number of H-pyrrole nitrogens is 2. The van der Waals surface area contributed by atoms with Crippen LogP contribution in [0.15, 0.2) is 46.3 Å². The number of fused-ring (bicyclic) bond motifs is 1. The van der Waals surface area contributed by atoms with E-state index in [0.29, 0.717) is 22.2 Å². The molecule has 38 heavy (non-hydrogen) atoms. The second kappa shape index (κ2) is 9.73. The van der Waals surface area contributed by atoms with Gasteiger partial charge in [-0.15, -0.1) is 0 Å². The summed E-state index contributed by atoms with van der Waals surface area (Å²) in [6, 6.07) is 10.8. The highest BCUT2D eigenvalue weighted by atomic mass is 16.5. The summed E-state index contributed by atoms with van der Waals surface area (Å²) in [4.78, 5) is 28.6. The van der Waals surface area contributed by atoms with Crippen molar-refractivity contribution in [3.8, 4) is 5.88 Å². The average molecular weight is 517 g/mol. The van der Waals surface area contributed by atoms with Crippen LogP contribution in [-0.2, 0) is 4.74 Å². The first-order valence-corrected chi connectivity index (χ1v) is 13.0. The molecule has 3 atom stereocenters. The minimum Gasteiger partial charge on any atom is -0.493 e. The van der Waals surface area contributed by atoms with Crippen molar-refractivity contribution >= 4 is 23.2 Å². The molecule has 2 aliphatic rings. The van der Waals surface area contributed by atoms with E-state index in [0.717, 1.165) is 31.6 Å². The van der Waals surface area contributed by atoms with Gasteiger partial charge in [-0.1, -0.05) is 12.1 Å². The van der Waals surface area contributed by atoms with E-state index in [1.807, 2.05) is 12.1 Å². The standard InChI is InChI=1S/C27H32N8O3/c1-15-13-34(14-16(2)38-15)17(3)18-5-4-6-21(9-18)29-23-11-24(30-20-7-8-20)35-25(32-23)19(12-28-35)10-22-26(36)33-27(37)31-22/h4-6,9-12,15-17,20,29,36H,7-8,13-14H2,1-3H3,(H2,31,33,37). The molecular formula is C27H32N8O3. The number of benzene rings is 1. The molecule has 198 valence electrons. The van der Waals surface area contributed by atoms with Crippen LogP contribution in [0.5, 0.6) is 5.88 Å². The van der Waals surface area contributed by atoms with E-state index in [-0.39, 0.29) is 35.9 Å². The Bertz CT molecular complexity index is 1640. The number of nitrogens with zero attached hydrogens (tertiary/aromatic N) is 5. The van der Waals surface area contributed by atoms with Crippen LogP contribution in [0.3, 0.4) is 0 Å². The topological polar surface area (TPSA) is 136 Å². The van der Waals surface area contributed by atoms with Gasteiger partial charge in [0.25, 0.3) is 0 Å². The summed E-state index contributed by atoms with van der Waals surface area (Å²) in [5.41, 5.74) is 3.18. The summed E-state index contributed by atoms with van der Waals surface area (Å²) in [7, 11) is 0. The van der Waals surface area contributed by atoms with Gasteiger partial charge in [-0.3, -0.25) is 14.9 Å². The monoisotopic (exact) mass is 516 g/mol. The number of hydrogen-bond donors (Lipinski definition) is 4. The summed E-state index contributed by atoms with van der Waals surface area (Å²) in [6.45, 7) is 8.27. The number of aromatic amines is 2. The van der Waals surface area contributed by atoms with Crippen molar-refractivity contribution in [3.63, 3.8) is 0 Å². The van der Waals surface area contributed by atoms with Crippen molar-refractivity contribution in [2.45, 2.75) is 57.9 Å². The number of morpholine rings is 1. The van der Waals surface area contributed by atoms with Gasteiger partial charge in [0.1, 0.15) is 11.5 Å². The molecule has 1 saturated carbocycles. The average Bonchev–Trinajstić information content (AvgIpc) is 3.51. The lowest BCUT2D eigenvalue weighted by atomic mass is 10.0. The molecule has 0 spiro atoms. The van der Waals surface area contributed by atoms with Crippen LogP contribution in [0.4, 0.5) is 11.5 Å². The number of hydrogen-bond acceptors (Lipinski definition) is 8. The number of aromatic hydroxyl groups is 1. The van der Waals surface area contributed by atoms with Gasteiger partial charge in [-0.2, -0.15) is 9.61 Å². The highest BCUT2D eigenvalue weighted by Gasteiger charge is 2.26. The van der Waals surface area contributed by atoms with Gasteiger partial charge in [0, 0.05) is 36.1 Å². The van der Waals surface area contributed by atoms with E-state index in [2.05, 4.69) is 64.3 Å². The van der Waals surface area contributed by atoms with Crippen molar-refractivity contribution in [1.82, 2.24) is 29.5 Å². The Morgan fingerprint density at radius 1 is 1.21 bits per heavy atom. The zero-order valence-electron chi connectivity index (χ0n) is 21.7. The van der Waals surface area contributed by atoms with E-state index in [1.165, 1.54) is 5.56 Å². The first-order valence-electron chi connectivity index (χ1n) is 13.0. The Kier molecular flexibility index (Phi) is 6.24. The van der Waals surface area contributed by atoms with Crippen LogP contribution in [0, 0.1) is 0 Å². The first kappa shape index (κ1) is 24.4. The Balaban J connectivity index is 1.35. The second-order valence-corrected chi connectivity index (χ2v) is 10.3. The molecule has 0 bridgehead atoms. The fourth-order valence-corrected chi connectivity index (χ4v) is 5.03. The van der Waals surface area contributed by atoms with Crippen molar-refractivity contribution in [3.05, 3.63) is 69.0 Å². The molecule has 6 rings (SSSR count). The summed E-state index contributed by atoms with van der Waals surface area (Å²) < 4.78 is 7.61. The molecule has 1 saturated heterocycles. The molecule has 1 aliphatic carbocycles. The maximum Gasteiger partial charge on any atom is 0.326 e. The quantitative estimate of drug-likeness (QED) is 0.308. The van der Waals surface area contributed by atoms with E-state index in [4.69, 9.17) is 14.7 Å². The number of anilines is 2. The van der Waals surface area contributed by atoms with E-state index >= 15 is 0 Å². The molecule has 4 aromatic rings. The molecule has 11 heteroatoms. The fraction of sp³-hybridized carbons (Fsp3) is 0.407. The lowest BCUT2D eigenvalue weighted by Crippen LogP contribution is -2.46. The first-order chi connectivity index (χ1) is 18.3. The molecular weight excluding hydrogens is 484 g/mol. The van der Waals surface area contributed by atoms with Crippen LogP contribution in [0.1, 0.15) is 50.9 Å². The van der Waals surface area contributed by atoms with Gasteiger partial charge >= 0.3 is 5.69 Å². The predicted molar refractivity (Wildman–Crippen MR) is 143 cm³/mol. The lowest BCUT2D eigenvalue weighted by Gasteiger charge is -2.39. The number of imidazole rings is 1. The molecule has 4 heterocycles. The van der Waals surface area contributed by atoms with Gasteiger partial charge in [0.05, 0.1) is 24.4 Å². The number of nitrogens with one attached hydrogen (secondary N) is 3. The maximum absolute atomic E-state index is 11.6. The molecule has 11 nitrogen and oxygen atoms in total. The van der Waals surface area contributed by atoms with Crippen molar-refractivity contribution < 1.29 is 9.84 Å². The maximum atomic E-state index is 11.6. The lowest BCUT2D eigenvalue weighted by molar-refractivity contribution is -0.0789. The van der Waals surface area contributed by atoms with Gasteiger partial charge in [-0.25, -0.2) is 9.78 Å². The van der Waals surface area contributed by atoms with E-state index in [1.54, 1.807) is 16.8 Å². The molecule has 0 radical (unpaired) electrons. The van der Waals surface area contributed by atoms with Crippen molar-refractivity contribution in [2.24, 2.45) is 4.99 Å². The fourth-order valence-electron chi connectivity index (χ4n) is 5.03. The smallest absolute Gasteiger partial charge is 0.326 e. The van der Waals surface area contributed by atoms with E-state index in [9.17, 15) is 9.90 Å². The summed E-state index contributed by atoms with van der Waals surface area (Å²) >= 11 is 0. The largest absolute Gasteiger partial charge is 0.493 e. The predicted octanol–water partition coefficient (Wildman–Crippen LogP) is 1.98. The van der Waals surface area contributed by atoms with Crippen LogP contribution >= 0.6 is 0 Å². The van der Waals surface area contributed by atoms with Gasteiger partial charge in [-0.05, 0) is 57.4 Å². The molecule has 0 amide bonds. The number of rotatable bonds is 6. The minimum atomic E-state index is -0.486. The number of aromatic nitrogens is 5. The van der Waals surface area contributed by atoms with Gasteiger partial charge < -0.3 is 20.1 Å². The molecule has 3 aromatic heterocycles. The van der Waals surface area contributed by atoms with E-state index < -0.39 is 5.69 Å². The van der Waals surface area contributed by atoms with Crippen molar-refractivity contribution in [1.29, 1.82) is 0 Å². The third kappa shape index (κ3) is 5.07. The molecule has 1 aromatic carbocycles. The Labute approximate surface area is 218 Å². The SMILES string of the molecule is CC1CN(C(C)c2cccc(Nc3cc(=NC4CC4)n4ncc(=Cc5[nH]c(=O)[nH]c5O)c4n3)c2)CC(C)O1. The highest BCUT2D eigenvalue weighted by Crippen LogP contribution is 2.27. The second-order valence-electron chi connectivity index (χ2n) is 10.3. The van der Waals surface area contributed by atoms with Crippen LogP contribution in [0.2, 0.25) is 0 Å². The Hall–Kier alpha value is -3.96. The summed E-state index contributed by atoms with van der Waals surface area (Å²) in [6.07, 6.45) is 5.82. The Morgan fingerprint density at radius 3 is 2.71 bits per heavy atom. The van der Waals surface area contributed by atoms with Crippen molar-refractivity contribution in [2.75, 3.05) is 18.4 Å². The molecule has 1 aliphatic heterocycles. The molecule has 2 fully saturated rings. The normalized spacial score (nSPS) is 22.3. The van der Waals surface area contributed by atoms with Crippen LogP contribution in [0.25, 0.3) is 11.7 Å². The summed E-state index contributed by atoms with van der Waals surface area (Å²) in [5.74, 6) is 0.402. The minimum absolute atomic E-state index is 0.208. The zero-order valence-corrected chi connectivity index (χ0v) is 21.7.